The van der Waals surface area contributed by atoms with Crippen molar-refractivity contribution in [2.45, 2.75) is 13.5 Å². The molecular formula is C15H17N3O2. The van der Waals surface area contributed by atoms with Crippen LogP contribution < -0.4 is 10.1 Å². The summed E-state index contributed by atoms with van der Waals surface area (Å²) in [6.45, 7) is 2.42. The van der Waals surface area contributed by atoms with Crippen LogP contribution in [0.1, 0.15) is 16.8 Å². The average Bonchev–Trinajstić information content (AvgIpc) is 2.96. The van der Waals surface area contributed by atoms with Gasteiger partial charge in [-0.25, -0.2) is 4.98 Å². The molecular weight excluding hydrogens is 254 g/mol. The highest BCUT2D eigenvalue weighted by Crippen LogP contribution is 2.20. The number of nitrogens with zero attached hydrogens (tertiary/aromatic N) is 1. The molecule has 2 rings (SSSR count). The molecule has 0 saturated carbocycles. The zero-order valence-corrected chi connectivity index (χ0v) is 11.5. The number of methoxy groups -OCH3 is 1. The molecule has 0 atom stereocenters. The first-order valence-electron chi connectivity index (χ1n) is 6.27. The highest BCUT2D eigenvalue weighted by Gasteiger charge is 2.01. The van der Waals surface area contributed by atoms with E-state index in [9.17, 15) is 4.79 Å². The monoisotopic (exact) mass is 271 g/mol. The second kappa shape index (κ2) is 6.56. The number of benzene rings is 1. The van der Waals surface area contributed by atoms with Crippen LogP contribution >= 0.6 is 0 Å². The van der Waals surface area contributed by atoms with Gasteiger partial charge in [-0.15, -0.1) is 0 Å². The molecule has 0 unspecified atom stereocenters. The van der Waals surface area contributed by atoms with Gasteiger partial charge in [0, 0.05) is 17.8 Å². The van der Waals surface area contributed by atoms with Crippen molar-refractivity contribution >= 4 is 12.0 Å². The van der Waals surface area contributed by atoms with Gasteiger partial charge >= 0.3 is 0 Å². The third-order valence-corrected chi connectivity index (χ3v) is 2.81. The molecule has 104 valence electrons. The summed E-state index contributed by atoms with van der Waals surface area (Å²) in [5.74, 6) is 0.580. The van der Waals surface area contributed by atoms with E-state index in [0.717, 1.165) is 22.6 Å². The van der Waals surface area contributed by atoms with Crippen LogP contribution in [-0.4, -0.2) is 23.0 Å². The Morgan fingerprint density at radius 1 is 1.50 bits per heavy atom. The van der Waals surface area contributed by atoms with E-state index in [4.69, 9.17) is 4.74 Å². The molecule has 20 heavy (non-hydrogen) atoms. The second-order valence-electron chi connectivity index (χ2n) is 4.37. The lowest BCUT2D eigenvalue weighted by molar-refractivity contribution is -0.116. The molecule has 0 radical (unpaired) electrons. The largest absolute Gasteiger partial charge is 0.496 e. The Kier molecular flexibility index (Phi) is 4.55. The van der Waals surface area contributed by atoms with Gasteiger partial charge in [-0.1, -0.05) is 11.6 Å². The van der Waals surface area contributed by atoms with E-state index in [0.29, 0.717) is 6.54 Å². The molecule has 0 fully saturated rings. The van der Waals surface area contributed by atoms with Crippen molar-refractivity contribution < 1.29 is 9.53 Å². The molecule has 5 nitrogen and oxygen atoms in total. The number of aromatic amines is 1. The van der Waals surface area contributed by atoms with Gasteiger partial charge in [0.1, 0.15) is 5.75 Å². The third-order valence-electron chi connectivity index (χ3n) is 2.81. The lowest BCUT2D eigenvalue weighted by atomic mass is 10.1. The lowest BCUT2D eigenvalue weighted by Crippen LogP contribution is -2.20. The number of ether oxygens (including phenoxy) is 1. The normalized spacial score (nSPS) is 10.7. The molecule has 0 aliphatic rings. The maximum absolute atomic E-state index is 11.7. The lowest BCUT2D eigenvalue weighted by Gasteiger charge is -2.05. The molecule has 1 heterocycles. The first kappa shape index (κ1) is 13.9. The Bertz CT molecular complexity index is 604. The standard InChI is InChI=1S/C15H17N3O2/c1-11-3-5-14(20-2)12(7-11)4-6-15(19)17-9-13-8-16-10-18-13/h3-8,10H,9H2,1-2H3,(H,16,18)(H,17,19). The van der Waals surface area contributed by atoms with Crippen molar-refractivity contribution in [2.24, 2.45) is 0 Å². The number of amides is 1. The minimum absolute atomic E-state index is 0.164. The number of imidazole rings is 1. The number of rotatable bonds is 5. The van der Waals surface area contributed by atoms with E-state index in [1.807, 2.05) is 25.1 Å². The minimum Gasteiger partial charge on any atom is -0.496 e. The fourth-order valence-electron chi connectivity index (χ4n) is 1.77. The molecule has 2 N–H and O–H groups in total. The summed E-state index contributed by atoms with van der Waals surface area (Å²) in [6, 6.07) is 5.82. The number of aryl methyl sites for hydroxylation is 1. The highest BCUT2D eigenvalue weighted by atomic mass is 16.5. The average molecular weight is 271 g/mol. The van der Waals surface area contributed by atoms with E-state index in [1.54, 1.807) is 25.7 Å². The van der Waals surface area contributed by atoms with E-state index >= 15 is 0 Å². The molecule has 0 spiro atoms. The fourth-order valence-corrected chi connectivity index (χ4v) is 1.77. The van der Waals surface area contributed by atoms with Crippen molar-refractivity contribution in [1.29, 1.82) is 0 Å². The van der Waals surface area contributed by atoms with Gasteiger partial charge in [-0.3, -0.25) is 4.79 Å². The first-order chi connectivity index (χ1) is 9.69. The molecule has 0 saturated heterocycles. The van der Waals surface area contributed by atoms with Crippen LogP contribution in [-0.2, 0) is 11.3 Å². The predicted molar refractivity (Wildman–Crippen MR) is 77.2 cm³/mol. The maximum atomic E-state index is 11.7. The number of hydrogen-bond donors (Lipinski definition) is 2. The van der Waals surface area contributed by atoms with Crippen molar-refractivity contribution in [3.63, 3.8) is 0 Å². The predicted octanol–water partition coefficient (Wildman–Crippen LogP) is 2.06. The Labute approximate surface area is 117 Å². The summed E-state index contributed by atoms with van der Waals surface area (Å²) in [5.41, 5.74) is 2.85. The Morgan fingerprint density at radius 3 is 3.05 bits per heavy atom. The zero-order chi connectivity index (χ0) is 14.4. The number of H-pyrrole nitrogens is 1. The molecule has 1 aromatic carbocycles. The van der Waals surface area contributed by atoms with Crippen LogP contribution in [0.3, 0.4) is 0 Å². The molecule has 0 aliphatic heterocycles. The van der Waals surface area contributed by atoms with E-state index < -0.39 is 0 Å². The topological polar surface area (TPSA) is 67.0 Å². The summed E-state index contributed by atoms with van der Waals surface area (Å²) >= 11 is 0. The summed E-state index contributed by atoms with van der Waals surface area (Å²) in [6.07, 6.45) is 6.49. The molecule has 0 bridgehead atoms. The summed E-state index contributed by atoms with van der Waals surface area (Å²) in [4.78, 5) is 18.5. The van der Waals surface area contributed by atoms with Crippen LogP contribution in [0.15, 0.2) is 36.8 Å². The quantitative estimate of drug-likeness (QED) is 0.818. The molecule has 1 aromatic heterocycles. The van der Waals surface area contributed by atoms with E-state index in [2.05, 4.69) is 15.3 Å². The minimum atomic E-state index is -0.164. The van der Waals surface area contributed by atoms with Crippen molar-refractivity contribution in [3.05, 3.63) is 53.6 Å². The first-order valence-corrected chi connectivity index (χ1v) is 6.27. The van der Waals surface area contributed by atoms with Crippen molar-refractivity contribution in [2.75, 3.05) is 7.11 Å². The molecule has 1 amide bonds. The van der Waals surface area contributed by atoms with Crippen molar-refractivity contribution in [3.8, 4) is 5.75 Å². The van der Waals surface area contributed by atoms with Gasteiger partial charge in [-0.05, 0) is 25.1 Å². The zero-order valence-electron chi connectivity index (χ0n) is 11.5. The van der Waals surface area contributed by atoms with Crippen LogP contribution in [0.2, 0.25) is 0 Å². The third kappa shape index (κ3) is 3.71. The molecule has 0 aliphatic carbocycles. The smallest absolute Gasteiger partial charge is 0.244 e. The van der Waals surface area contributed by atoms with E-state index in [-0.39, 0.29) is 5.91 Å². The number of hydrogen-bond acceptors (Lipinski definition) is 3. The number of carbonyl (C=O) groups excluding carboxylic acids is 1. The van der Waals surface area contributed by atoms with Crippen LogP contribution in [0.4, 0.5) is 0 Å². The summed E-state index contributed by atoms with van der Waals surface area (Å²) < 4.78 is 5.26. The van der Waals surface area contributed by atoms with Gasteiger partial charge < -0.3 is 15.0 Å². The molecule has 5 heteroatoms. The van der Waals surface area contributed by atoms with Gasteiger partial charge in [0.25, 0.3) is 0 Å². The SMILES string of the molecule is COc1ccc(C)cc1C=CC(=O)NCc1cnc[nH]1. The Balaban J connectivity index is 1.98. The van der Waals surface area contributed by atoms with Crippen LogP contribution in [0.25, 0.3) is 6.08 Å². The Morgan fingerprint density at radius 2 is 2.35 bits per heavy atom. The number of carbonyl (C=O) groups is 1. The summed E-state index contributed by atoms with van der Waals surface area (Å²) in [7, 11) is 1.61. The van der Waals surface area contributed by atoms with Crippen LogP contribution in [0.5, 0.6) is 5.75 Å². The fraction of sp³-hybridized carbons (Fsp3) is 0.200. The highest BCUT2D eigenvalue weighted by molar-refractivity contribution is 5.92. The van der Waals surface area contributed by atoms with Gasteiger partial charge in [0.2, 0.25) is 5.91 Å². The Hall–Kier alpha value is -2.56. The summed E-state index contributed by atoms with van der Waals surface area (Å²) in [5, 5.41) is 2.77. The second-order valence-corrected chi connectivity index (χ2v) is 4.37. The van der Waals surface area contributed by atoms with Gasteiger partial charge in [-0.2, -0.15) is 0 Å². The van der Waals surface area contributed by atoms with Gasteiger partial charge in [0.05, 0.1) is 25.7 Å². The van der Waals surface area contributed by atoms with E-state index in [1.165, 1.54) is 6.08 Å². The maximum Gasteiger partial charge on any atom is 0.244 e. The number of nitrogens with one attached hydrogen (secondary N) is 2. The van der Waals surface area contributed by atoms with Crippen LogP contribution in [0, 0.1) is 6.92 Å². The van der Waals surface area contributed by atoms with Gasteiger partial charge in [0.15, 0.2) is 0 Å². The van der Waals surface area contributed by atoms with Crippen molar-refractivity contribution in [1.82, 2.24) is 15.3 Å². The number of aromatic nitrogens is 2. The molecule has 2 aromatic rings.